The maximum atomic E-state index is 12.7. The quantitative estimate of drug-likeness (QED) is 0.818. The van der Waals surface area contributed by atoms with Gasteiger partial charge in [-0.3, -0.25) is 4.79 Å². The lowest BCUT2D eigenvalue weighted by atomic mass is 9.75. The smallest absolute Gasteiger partial charge is 0.228 e. The van der Waals surface area contributed by atoms with Gasteiger partial charge in [0.1, 0.15) is 0 Å². The third-order valence-electron chi connectivity index (χ3n) is 4.08. The van der Waals surface area contributed by atoms with E-state index < -0.39 is 0 Å². The molecule has 1 rings (SSSR count). The van der Waals surface area contributed by atoms with Crippen molar-refractivity contribution < 1.29 is 4.79 Å². The molecule has 1 atom stereocenters. The Balaban J connectivity index is 2.71. The van der Waals surface area contributed by atoms with Crippen molar-refractivity contribution in [2.24, 2.45) is 5.41 Å². The number of hydrogen-bond donors (Lipinski definition) is 1. The lowest BCUT2D eigenvalue weighted by molar-refractivity contribution is -0.144. The van der Waals surface area contributed by atoms with Crippen LogP contribution in [0, 0.1) is 5.41 Å². The highest BCUT2D eigenvalue weighted by Gasteiger charge is 2.40. The molecule has 1 aliphatic rings. The number of rotatable bonds is 5. The number of amides is 1. The van der Waals surface area contributed by atoms with E-state index in [9.17, 15) is 4.79 Å². The van der Waals surface area contributed by atoms with E-state index in [2.05, 4.69) is 25.4 Å². The molecule has 0 bridgehead atoms. The number of nitrogens with one attached hydrogen (secondary N) is 1. The Bertz CT molecular complexity index is 252. The summed E-state index contributed by atoms with van der Waals surface area (Å²) in [4.78, 5) is 14.6. The standard InChI is InChI=1S/C13H26N2OS/c1-5-13(6-8-14-9-7-13)12(16)15(3)11(2)10-17-4/h11,14H,5-10H2,1-4H3. The zero-order valence-electron chi connectivity index (χ0n) is 11.6. The molecule has 1 N–H and O–H groups in total. The molecule has 0 aliphatic carbocycles. The molecule has 0 saturated carbocycles. The van der Waals surface area contributed by atoms with Gasteiger partial charge in [-0.15, -0.1) is 0 Å². The Labute approximate surface area is 110 Å². The summed E-state index contributed by atoms with van der Waals surface area (Å²) in [7, 11) is 1.96. The van der Waals surface area contributed by atoms with Gasteiger partial charge >= 0.3 is 0 Å². The van der Waals surface area contributed by atoms with Gasteiger partial charge in [-0.1, -0.05) is 6.92 Å². The minimum absolute atomic E-state index is 0.104. The van der Waals surface area contributed by atoms with Crippen LogP contribution >= 0.6 is 11.8 Å². The van der Waals surface area contributed by atoms with Gasteiger partial charge in [0, 0.05) is 18.8 Å². The first-order chi connectivity index (χ1) is 8.07. The van der Waals surface area contributed by atoms with Crippen LogP contribution in [0.25, 0.3) is 0 Å². The van der Waals surface area contributed by atoms with Crippen molar-refractivity contribution in [1.29, 1.82) is 0 Å². The number of thioether (sulfide) groups is 1. The summed E-state index contributed by atoms with van der Waals surface area (Å²) in [5.41, 5.74) is -0.104. The third-order valence-corrected chi connectivity index (χ3v) is 4.90. The number of piperidine rings is 1. The molecular formula is C13H26N2OS. The van der Waals surface area contributed by atoms with Crippen molar-refractivity contribution in [3.05, 3.63) is 0 Å². The molecule has 1 fully saturated rings. The first-order valence-corrected chi connectivity index (χ1v) is 7.93. The minimum atomic E-state index is -0.104. The lowest BCUT2D eigenvalue weighted by Gasteiger charge is -2.40. The molecule has 17 heavy (non-hydrogen) atoms. The maximum absolute atomic E-state index is 12.7. The highest BCUT2D eigenvalue weighted by atomic mass is 32.2. The normalized spacial score (nSPS) is 20.9. The van der Waals surface area contributed by atoms with Gasteiger partial charge in [-0.25, -0.2) is 0 Å². The molecule has 0 aromatic heterocycles. The number of carbonyl (C=O) groups is 1. The van der Waals surface area contributed by atoms with E-state index in [0.717, 1.165) is 38.1 Å². The number of nitrogens with zero attached hydrogens (tertiary/aromatic N) is 1. The summed E-state index contributed by atoms with van der Waals surface area (Å²) >= 11 is 1.80. The van der Waals surface area contributed by atoms with E-state index >= 15 is 0 Å². The first kappa shape index (κ1) is 14.8. The van der Waals surface area contributed by atoms with Crippen LogP contribution in [0.1, 0.15) is 33.1 Å². The molecule has 1 heterocycles. The van der Waals surface area contributed by atoms with Crippen LogP contribution < -0.4 is 5.32 Å². The van der Waals surface area contributed by atoms with Crippen molar-refractivity contribution in [2.75, 3.05) is 32.1 Å². The Kier molecular flexibility index (Phi) is 5.80. The van der Waals surface area contributed by atoms with E-state index in [1.54, 1.807) is 11.8 Å². The summed E-state index contributed by atoms with van der Waals surface area (Å²) in [5.74, 6) is 1.36. The molecule has 1 unspecified atom stereocenters. The average molecular weight is 258 g/mol. The Hall–Kier alpha value is -0.220. The predicted octanol–water partition coefficient (Wildman–Crippen LogP) is 1.98. The lowest BCUT2D eigenvalue weighted by Crippen LogP contribution is -2.50. The Morgan fingerprint density at radius 3 is 2.53 bits per heavy atom. The highest BCUT2D eigenvalue weighted by molar-refractivity contribution is 7.98. The van der Waals surface area contributed by atoms with Crippen LogP contribution in [0.4, 0.5) is 0 Å². The fraction of sp³-hybridized carbons (Fsp3) is 0.923. The van der Waals surface area contributed by atoms with Gasteiger partial charge in [-0.05, 0) is 45.5 Å². The largest absolute Gasteiger partial charge is 0.342 e. The van der Waals surface area contributed by atoms with E-state index in [1.807, 2.05) is 11.9 Å². The van der Waals surface area contributed by atoms with Crippen molar-refractivity contribution >= 4 is 17.7 Å². The van der Waals surface area contributed by atoms with Crippen molar-refractivity contribution in [3.8, 4) is 0 Å². The second kappa shape index (κ2) is 6.64. The summed E-state index contributed by atoms with van der Waals surface area (Å²) < 4.78 is 0. The molecule has 1 saturated heterocycles. The van der Waals surface area contributed by atoms with Crippen molar-refractivity contribution in [3.63, 3.8) is 0 Å². The second-order valence-electron chi connectivity index (χ2n) is 5.10. The van der Waals surface area contributed by atoms with Gasteiger partial charge in [-0.2, -0.15) is 11.8 Å². The topological polar surface area (TPSA) is 32.3 Å². The zero-order valence-corrected chi connectivity index (χ0v) is 12.4. The van der Waals surface area contributed by atoms with E-state index in [0.29, 0.717) is 11.9 Å². The molecule has 3 nitrogen and oxygen atoms in total. The SMILES string of the molecule is CCC1(C(=O)N(C)C(C)CSC)CCNCC1. The van der Waals surface area contributed by atoms with Crippen LogP contribution in [0.3, 0.4) is 0 Å². The van der Waals surface area contributed by atoms with Gasteiger partial charge in [0.15, 0.2) is 0 Å². The summed E-state index contributed by atoms with van der Waals surface area (Å²) in [6.45, 7) is 6.24. The maximum Gasteiger partial charge on any atom is 0.228 e. The van der Waals surface area contributed by atoms with Crippen LogP contribution in [0.5, 0.6) is 0 Å². The van der Waals surface area contributed by atoms with Gasteiger partial charge < -0.3 is 10.2 Å². The Morgan fingerprint density at radius 1 is 1.47 bits per heavy atom. The fourth-order valence-electron chi connectivity index (χ4n) is 2.55. The van der Waals surface area contributed by atoms with Gasteiger partial charge in [0.2, 0.25) is 5.91 Å². The molecule has 1 amide bonds. The van der Waals surface area contributed by atoms with E-state index in [1.165, 1.54) is 0 Å². The van der Waals surface area contributed by atoms with E-state index in [-0.39, 0.29) is 5.41 Å². The summed E-state index contributed by atoms with van der Waals surface area (Å²) in [6.07, 6.45) is 5.02. The van der Waals surface area contributed by atoms with Crippen molar-refractivity contribution in [1.82, 2.24) is 10.2 Å². The average Bonchev–Trinajstić information content (AvgIpc) is 2.38. The number of carbonyl (C=O) groups excluding carboxylic acids is 1. The van der Waals surface area contributed by atoms with E-state index in [4.69, 9.17) is 0 Å². The third kappa shape index (κ3) is 3.38. The molecule has 0 aromatic carbocycles. The molecule has 0 aromatic rings. The van der Waals surface area contributed by atoms with Gasteiger partial charge in [0.25, 0.3) is 0 Å². The van der Waals surface area contributed by atoms with Crippen LogP contribution in [-0.2, 0) is 4.79 Å². The molecule has 1 aliphatic heterocycles. The molecule has 0 radical (unpaired) electrons. The minimum Gasteiger partial charge on any atom is -0.342 e. The fourth-order valence-corrected chi connectivity index (χ4v) is 3.26. The highest BCUT2D eigenvalue weighted by Crippen LogP contribution is 2.34. The molecule has 0 spiro atoms. The first-order valence-electron chi connectivity index (χ1n) is 6.54. The van der Waals surface area contributed by atoms with Crippen LogP contribution in [-0.4, -0.2) is 49.0 Å². The Morgan fingerprint density at radius 2 is 2.06 bits per heavy atom. The monoisotopic (exact) mass is 258 g/mol. The van der Waals surface area contributed by atoms with Crippen molar-refractivity contribution in [2.45, 2.75) is 39.2 Å². The summed E-state index contributed by atoms with van der Waals surface area (Å²) in [6, 6.07) is 0.329. The number of hydrogen-bond acceptors (Lipinski definition) is 3. The molecular weight excluding hydrogens is 232 g/mol. The van der Waals surface area contributed by atoms with Gasteiger partial charge in [0.05, 0.1) is 5.41 Å². The molecule has 100 valence electrons. The zero-order chi connectivity index (χ0) is 12.9. The predicted molar refractivity (Wildman–Crippen MR) is 75.4 cm³/mol. The van der Waals surface area contributed by atoms with Crippen LogP contribution in [0.15, 0.2) is 0 Å². The second-order valence-corrected chi connectivity index (χ2v) is 6.01. The summed E-state index contributed by atoms with van der Waals surface area (Å²) in [5, 5.41) is 3.35. The van der Waals surface area contributed by atoms with Crippen LogP contribution in [0.2, 0.25) is 0 Å². The molecule has 4 heteroatoms.